The second kappa shape index (κ2) is 10.5. The molecule has 0 aliphatic carbocycles. The van der Waals surface area contributed by atoms with E-state index in [1.807, 2.05) is 0 Å². The molecule has 31 heavy (non-hydrogen) atoms. The quantitative estimate of drug-likeness (QED) is 0.388. The summed E-state index contributed by atoms with van der Waals surface area (Å²) in [5.41, 5.74) is -2.25. The van der Waals surface area contributed by atoms with Crippen molar-refractivity contribution in [1.82, 2.24) is 24.7 Å². The molecule has 0 aliphatic rings. The van der Waals surface area contributed by atoms with Gasteiger partial charge in [-0.25, -0.2) is 37.4 Å². The molecule has 0 saturated carbocycles. The van der Waals surface area contributed by atoms with Crippen LogP contribution in [-0.4, -0.2) is 50.0 Å². The van der Waals surface area contributed by atoms with Gasteiger partial charge >= 0.3 is 7.82 Å². The first-order chi connectivity index (χ1) is 13.9. The minimum atomic E-state index is -4.64. The Morgan fingerprint density at radius 2 is 1.77 bits per heavy atom. The van der Waals surface area contributed by atoms with Crippen LogP contribution in [0.4, 0.5) is 13.2 Å². The number of rotatable bonds is 5. The summed E-state index contributed by atoms with van der Waals surface area (Å²) >= 11 is 0. The van der Waals surface area contributed by atoms with Gasteiger partial charge in [0.15, 0.2) is 5.82 Å². The fraction of sp³-hybridized carbons (Fsp3) is 0.250. The molecule has 2 atom stereocenters. The molecule has 0 saturated heterocycles. The van der Waals surface area contributed by atoms with E-state index >= 15 is 0 Å². The summed E-state index contributed by atoms with van der Waals surface area (Å²) in [4.78, 5) is 32.8. The third-order valence-electron chi connectivity index (χ3n) is 4.09. The van der Waals surface area contributed by atoms with Gasteiger partial charge in [-0.3, -0.25) is 0 Å². The molecule has 0 amide bonds. The molecule has 0 aliphatic heterocycles. The van der Waals surface area contributed by atoms with Crippen LogP contribution in [0.5, 0.6) is 0 Å². The average Bonchev–Trinajstić information content (AvgIpc) is 3.12. The second-order valence-corrected chi connectivity index (χ2v) is 7.16. The van der Waals surface area contributed by atoms with Crippen molar-refractivity contribution >= 4 is 7.82 Å². The molecule has 0 unspecified atom stereocenters. The fourth-order valence-corrected chi connectivity index (χ4v) is 2.72. The Labute approximate surface area is 173 Å². The zero-order chi connectivity index (χ0) is 22.5. The number of halogens is 3. The molecule has 0 radical (unpaired) electrons. The van der Waals surface area contributed by atoms with Gasteiger partial charge in [0, 0.05) is 17.5 Å². The molecule has 170 valence electrons. The lowest BCUT2D eigenvalue weighted by molar-refractivity contribution is -0.0133. The van der Waals surface area contributed by atoms with E-state index in [1.54, 1.807) is 0 Å². The van der Waals surface area contributed by atoms with Crippen molar-refractivity contribution in [2.45, 2.75) is 25.0 Å². The number of phosphoric acid groups is 1. The summed E-state index contributed by atoms with van der Waals surface area (Å²) < 4.78 is 51.9. The van der Waals surface area contributed by atoms with Gasteiger partial charge in [0.2, 0.25) is 0 Å². The highest BCUT2D eigenvalue weighted by atomic mass is 31.2. The second-order valence-electron chi connectivity index (χ2n) is 6.13. The Bertz CT molecular complexity index is 1030. The van der Waals surface area contributed by atoms with E-state index in [2.05, 4.69) is 20.1 Å². The molecule has 0 fully saturated rings. The maximum Gasteiger partial charge on any atom is 0.466 e. The van der Waals surface area contributed by atoms with Crippen molar-refractivity contribution in [1.29, 1.82) is 0 Å². The molecule has 15 heteroatoms. The Morgan fingerprint density at radius 3 is 2.29 bits per heavy atom. The third-order valence-corrected chi connectivity index (χ3v) is 4.09. The average molecular weight is 465 g/mol. The molecule has 2 aromatic heterocycles. The number of aliphatic hydroxyl groups is 1. The molecule has 3 aromatic rings. The molecule has 1 aromatic carbocycles. The number of hydrogen-bond donors (Lipinski definition) is 4. The highest BCUT2D eigenvalue weighted by Crippen LogP contribution is 2.39. The predicted octanol–water partition coefficient (Wildman–Crippen LogP) is 0.424. The van der Waals surface area contributed by atoms with Gasteiger partial charge in [0.25, 0.3) is 0 Å². The van der Waals surface area contributed by atoms with E-state index in [1.165, 1.54) is 24.3 Å². The van der Waals surface area contributed by atoms with Crippen molar-refractivity contribution in [3.63, 3.8) is 0 Å². The smallest absolute Gasteiger partial charge is 0.412 e. The topological polar surface area (TPSA) is 186 Å². The molecular weight excluding hydrogens is 446 g/mol. The molecule has 0 bridgehead atoms. The summed E-state index contributed by atoms with van der Waals surface area (Å²) in [5.74, 6) is -3.47. The van der Waals surface area contributed by atoms with Crippen LogP contribution >= 0.6 is 7.82 Å². The van der Waals surface area contributed by atoms with E-state index in [4.69, 9.17) is 19.2 Å². The predicted molar refractivity (Wildman–Crippen MR) is 98.6 cm³/mol. The van der Waals surface area contributed by atoms with Gasteiger partial charge in [-0.1, -0.05) is 13.0 Å². The third kappa shape index (κ3) is 7.17. The summed E-state index contributed by atoms with van der Waals surface area (Å²) in [6.45, 7) is 1.26. The van der Waals surface area contributed by atoms with Crippen LogP contribution in [0.1, 0.15) is 24.1 Å². The maximum absolute atomic E-state index is 14.4. The molecule has 6 N–H and O–H groups in total. The number of nitrogens with zero attached hydrogens (tertiary/aromatic N) is 5. The first kappa shape index (κ1) is 26.3. The van der Waals surface area contributed by atoms with E-state index < -0.39 is 36.8 Å². The lowest BCUT2D eigenvalue weighted by Gasteiger charge is -2.34. The molecule has 11 nitrogen and oxygen atoms in total. The van der Waals surface area contributed by atoms with Crippen LogP contribution in [0.2, 0.25) is 0 Å². The number of hydrogen-bond acceptors (Lipinski definition) is 6. The highest BCUT2D eigenvalue weighted by molar-refractivity contribution is 7.45. The fourth-order valence-electron chi connectivity index (χ4n) is 2.72. The van der Waals surface area contributed by atoms with Gasteiger partial charge in [-0.15, -0.1) is 0 Å². The molecular formula is C16H19F3N5O6P. The van der Waals surface area contributed by atoms with Gasteiger partial charge in [0.05, 0.1) is 18.4 Å². The summed E-state index contributed by atoms with van der Waals surface area (Å²) in [5, 5.41) is 15.2. The van der Waals surface area contributed by atoms with E-state index in [0.29, 0.717) is 6.07 Å². The van der Waals surface area contributed by atoms with Crippen LogP contribution in [0.25, 0.3) is 0 Å². The van der Waals surface area contributed by atoms with Crippen LogP contribution < -0.4 is 0 Å². The minimum Gasteiger partial charge on any atom is -0.412 e. The monoisotopic (exact) mass is 465 g/mol. The normalized spacial score (nSPS) is 13.9. The maximum atomic E-state index is 14.4. The Balaban J connectivity index is 0.000000721. The zero-order valence-corrected chi connectivity index (χ0v) is 16.7. The van der Waals surface area contributed by atoms with Gasteiger partial charge < -0.3 is 25.3 Å². The molecule has 2 heterocycles. The number of benzene rings is 1. The van der Waals surface area contributed by atoms with Gasteiger partial charge in [0.1, 0.15) is 36.2 Å². The van der Waals surface area contributed by atoms with Crippen LogP contribution in [0.3, 0.4) is 0 Å². The largest absolute Gasteiger partial charge is 0.466 e. The Morgan fingerprint density at radius 1 is 1.13 bits per heavy atom. The lowest BCUT2D eigenvalue weighted by atomic mass is 9.79. The van der Waals surface area contributed by atoms with Crippen molar-refractivity contribution in [3.05, 3.63) is 72.1 Å². The highest BCUT2D eigenvalue weighted by Gasteiger charge is 2.41. The zero-order valence-electron chi connectivity index (χ0n) is 15.8. The molecule has 3 rings (SSSR count). The van der Waals surface area contributed by atoms with Crippen molar-refractivity contribution < 1.29 is 43.0 Å². The van der Waals surface area contributed by atoms with E-state index in [-0.39, 0.29) is 23.3 Å². The van der Waals surface area contributed by atoms with Crippen LogP contribution in [0, 0.1) is 17.5 Å². The van der Waals surface area contributed by atoms with E-state index in [0.717, 1.165) is 24.7 Å². The summed E-state index contributed by atoms with van der Waals surface area (Å²) in [6.07, 6.45) is 4.66. The van der Waals surface area contributed by atoms with Gasteiger partial charge in [-0.05, 0) is 6.07 Å². The van der Waals surface area contributed by atoms with Crippen molar-refractivity contribution in [2.75, 3.05) is 0 Å². The Kier molecular flexibility index (Phi) is 8.93. The lowest BCUT2D eigenvalue weighted by Crippen LogP contribution is -2.39. The first-order valence-electron chi connectivity index (χ1n) is 8.16. The summed E-state index contributed by atoms with van der Waals surface area (Å²) in [7, 11) is -4.64. The van der Waals surface area contributed by atoms with Crippen molar-refractivity contribution in [3.8, 4) is 0 Å². The first-order valence-corrected chi connectivity index (χ1v) is 9.72. The van der Waals surface area contributed by atoms with E-state index in [9.17, 15) is 18.3 Å². The van der Waals surface area contributed by atoms with Crippen LogP contribution in [0.15, 0.2) is 43.4 Å². The van der Waals surface area contributed by atoms with Crippen LogP contribution in [-0.2, 0) is 16.7 Å². The van der Waals surface area contributed by atoms with Gasteiger partial charge in [-0.2, -0.15) is 5.10 Å². The standard InChI is InChI=1S/C16H14F3N5O.H3O4P.H2O/c1-10(15-14(19)5-20-7-22-15)16(25,6-24-9-21-8-23-24)12-3-2-11(17)4-13(12)18;1-5(2,3)4;/h2-5,7-10,25H,6H2,1H3;(H3,1,2,3,4);1H2/t10-,16+;;/m0../s1. The Hall–Kier alpha value is -2.74. The molecule has 0 spiro atoms. The number of aromatic nitrogens is 5. The summed E-state index contributed by atoms with van der Waals surface area (Å²) in [6, 6.07) is 2.80. The minimum absolute atomic E-state index is 0. The van der Waals surface area contributed by atoms with Crippen molar-refractivity contribution in [2.24, 2.45) is 0 Å². The SMILES string of the molecule is C[C@@H](c1ncncc1F)[C@](O)(Cn1cncn1)c1ccc(F)cc1F.O.O=P(O)(O)O.